The van der Waals surface area contributed by atoms with E-state index in [1.165, 1.54) is 0 Å². The molecule has 0 radical (unpaired) electrons. The largest absolute Gasteiger partial charge is 0.392 e. The molecule has 0 aliphatic heterocycles. The van der Waals surface area contributed by atoms with Gasteiger partial charge >= 0.3 is 0 Å². The van der Waals surface area contributed by atoms with Crippen LogP contribution in [-0.4, -0.2) is 17.1 Å². The third kappa shape index (κ3) is 4.31. The van der Waals surface area contributed by atoms with Gasteiger partial charge in [0.2, 0.25) is 5.91 Å². The lowest BCUT2D eigenvalue weighted by atomic mass is 10.0. The van der Waals surface area contributed by atoms with E-state index in [0.717, 1.165) is 5.56 Å². The average Bonchev–Trinajstić information content (AvgIpc) is 2.28. The minimum absolute atomic E-state index is 0.0753. The molecule has 0 aromatic heterocycles. The lowest BCUT2D eigenvalue weighted by molar-refractivity contribution is -0.124. The summed E-state index contributed by atoms with van der Waals surface area (Å²) in [4.78, 5) is 11.7. The van der Waals surface area contributed by atoms with E-state index in [4.69, 9.17) is 11.6 Å². The highest BCUT2D eigenvalue weighted by Crippen LogP contribution is 2.22. The van der Waals surface area contributed by atoms with Gasteiger partial charge in [-0.15, -0.1) is 0 Å². The Kier molecular flexibility index (Phi) is 5.63. The Hall–Kier alpha value is -1.06. The first-order valence-corrected chi connectivity index (χ1v) is 6.51. The minimum Gasteiger partial charge on any atom is -0.392 e. The maximum Gasteiger partial charge on any atom is 0.223 e. The number of rotatable bonds is 5. The summed E-state index contributed by atoms with van der Waals surface area (Å²) in [7, 11) is 0. The second-order valence-electron chi connectivity index (χ2n) is 4.83. The number of hydrogen-bond donors (Lipinski definition) is 2. The van der Waals surface area contributed by atoms with Gasteiger partial charge in [0.25, 0.3) is 0 Å². The lowest BCUT2D eigenvalue weighted by Gasteiger charge is -2.18. The van der Waals surface area contributed by atoms with E-state index < -0.39 is 6.10 Å². The van der Waals surface area contributed by atoms with Crippen LogP contribution in [0.25, 0.3) is 0 Å². The molecule has 1 rings (SSSR count). The summed E-state index contributed by atoms with van der Waals surface area (Å²) < 4.78 is 0. The Morgan fingerprint density at radius 3 is 2.50 bits per heavy atom. The average molecular weight is 270 g/mol. The molecule has 0 aliphatic carbocycles. The van der Waals surface area contributed by atoms with E-state index in [1.54, 1.807) is 6.07 Å². The zero-order chi connectivity index (χ0) is 13.7. The molecule has 18 heavy (non-hydrogen) atoms. The van der Waals surface area contributed by atoms with Crippen LogP contribution in [0, 0.1) is 5.92 Å². The zero-order valence-electron chi connectivity index (χ0n) is 11.0. The summed E-state index contributed by atoms with van der Waals surface area (Å²) in [6.45, 7) is 5.64. The van der Waals surface area contributed by atoms with Crippen LogP contribution in [0.15, 0.2) is 24.3 Å². The molecule has 0 spiro atoms. The molecule has 0 saturated heterocycles. The molecular weight excluding hydrogens is 250 g/mol. The molecule has 2 atom stereocenters. The van der Waals surface area contributed by atoms with Crippen LogP contribution in [-0.2, 0) is 4.79 Å². The normalized spacial score (nSPS) is 14.3. The fraction of sp³-hybridized carbons (Fsp3) is 0.500. The highest BCUT2D eigenvalue weighted by atomic mass is 35.5. The molecule has 100 valence electrons. The fourth-order valence-corrected chi connectivity index (χ4v) is 1.93. The van der Waals surface area contributed by atoms with Crippen molar-refractivity contribution < 1.29 is 9.90 Å². The molecule has 0 fully saturated rings. The first-order valence-electron chi connectivity index (χ1n) is 6.13. The third-order valence-electron chi connectivity index (χ3n) is 2.91. The van der Waals surface area contributed by atoms with Gasteiger partial charge in [-0.05, 0) is 24.5 Å². The van der Waals surface area contributed by atoms with Gasteiger partial charge in [-0.1, -0.05) is 43.6 Å². The first kappa shape index (κ1) is 15.0. The van der Waals surface area contributed by atoms with E-state index in [2.05, 4.69) is 5.32 Å². The summed E-state index contributed by atoms with van der Waals surface area (Å²) in [5.41, 5.74) is 0.881. The molecule has 0 bridgehead atoms. The quantitative estimate of drug-likeness (QED) is 0.863. The summed E-state index contributed by atoms with van der Waals surface area (Å²) in [6.07, 6.45) is -0.490. The Bertz CT molecular complexity index is 407. The molecule has 0 aliphatic rings. The Morgan fingerprint density at radius 1 is 1.33 bits per heavy atom. The van der Waals surface area contributed by atoms with E-state index >= 15 is 0 Å². The lowest BCUT2D eigenvalue weighted by Crippen LogP contribution is -2.31. The molecule has 2 unspecified atom stereocenters. The van der Waals surface area contributed by atoms with Crippen LogP contribution >= 0.6 is 11.6 Å². The van der Waals surface area contributed by atoms with Crippen LogP contribution in [0.2, 0.25) is 5.02 Å². The van der Waals surface area contributed by atoms with Crippen molar-refractivity contribution in [3.63, 3.8) is 0 Å². The summed E-state index contributed by atoms with van der Waals surface area (Å²) in [5.74, 6) is -0.0880. The topological polar surface area (TPSA) is 49.3 Å². The van der Waals surface area contributed by atoms with Crippen molar-refractivity contribution in [3.05, 3.63) is 34.9 Å². The van der Waals surface area contributed by atoms with Crippen molar-refractivity contribution in [1.82, 2.24) is 5.32 Å². The van der Waals surface area contributed by atoms with Crippen LogP contribution in [0.1, 0.15) is 38.8 Å². The molecule has 1 aromatic carbocycles. The number of carbonyl (C=O) groups is 1. The van der Waals surface area contributed by atoms with Crippen molar-refractivity contribution in [2.45, 2.75) is 39.3 Å². The maximum absolute atomic E-state index is 11.7. The molecule has 0 saturated carbocycles. The number of aliphatic hydroxyl groups excluding tert-OH is 1. The van der Waals surface area contributed by atoms with Crippen molar-refractivity contribution in [1.29, 1.82) is 0 Å². The molecule has 0 heterocycles. The Morgan fingerprint density at radius 2 is 1.94 bits per heavy atom. The van der Waals surface area contributed by atoms with Gasteiger partial charge in [-0.25, -0.2) is 0 Å². The molecule has 4 heteroatoms. The third-order valence-corrected chi connectivity index (χ3v) is 3.26. The van der Waals surface area contributed by atoms with Crippen molar-refractivity contribution in [2.75, 3.05) is 0 Å². The molecule has 2 N–H and O–H groups in total. The number of aliphatic hydroxyl groups is 1. The van der Waals surface area contributed by atoms with E-state index in [9.17, 15) is 9.90 Å². The van der Waals surface area contributed by atoms with Crippen molar-refractivity contribution in [2.24, 2.45) is 5.92 Å². The SMILES string of the molecule is CC(NC(=O)CC(O)C(C)C)c1ccccc1Cl. The molecular formula is C14H20ClNO2. The predicted octanol–water partition coefficient (Wildman–Crippen LogP) is 2.92. The second kappa shape index (κ2) is 6.76. The van der Waals surface area contributed by atoms with Crippen molar-refractivity contribution in [3.8, 4) is 0 Å². The van der Waals surface area contributed by atoms with Gasteiger partial charge in [0.1, 0.15) is 0 Å². The standard InChI is InChI=1S/C14H20ClNO2/c1-9(2)13(17)8-14(18)16-10(3)11-6-4-5-7-12(11)15/h4-7,9-10,13,17H,8H2,1-3H3,(H,16,18). The minimum atomic E-state index is -0.608. The maximum atomic E-state index is 11.7. The van der Waals surface area contributed by atoms with Crippen molar-refractivity contribution >= 4 is 17.5 Å². The number of nitrogens with one attached hydrogen (secondary N) is 1. The summed E-state index contributed by atoms with van der Waals surface area (Å²) in [5, 5.41) is 13.1. The van der Waals surface area contributed by atoms with Gasteiger partial charge in [0.15, 0.2) is 0 Å². The van der Waals surface area contributed by atoms with Gasteiger partial charge in [-0.3, -0.25) is 4.79 Å². The summed E-state index contributed by atoms with van der Waals surface area (Å²) in [6, 6.07) is 7.25. The fourth-order valence-electron chi connectivity index (χ4n) is 1.63. The first-order chi connectivity index (χ1) is 8.41. The number of hydrogen-bond acceptors (Lipinski definition) is 2. The van der Waals surface area contributed by atoms with Crippen LogP contribution in [0.4, 0.5) is 0 Å². The Labute approximate surface area is 113 Å². The van der Waals surface area contributed by atoms with Crippen LogP contribution < -0.4 is 5.32 Å². The number of halogens is 1. The monoisotopic (exact) mass is 269 g/mol. The van der Waals surface area contributed by atoms with E-state index in [-0.39, 0.29) is 24.3 Å². The molecule has 1 aromatic rings. The summed E-state index contributed by atoms with van der Waals surface area (Å²) >= 11 is 6.06. The number of carbonyl (C=O) groups excluding carboxylic acids is 1. The van der Waals surface area contributed by atoms with Gasteiger partial charge in [0.05, 0.1) is 18.6 Å². The van der Waals surface area contributed by atoms with Crippen LogP contribution in [0.3, 0.4) is 0 Å². The number of amides is 1. The molecule has 1 amide bonds. The number of benzene rings is 1. The van der Waals surface area contributed by atoms with Gasteiger partial charge in [-0.2, -0.15) is 0 Å². The smallest absolute Gasteiger partial charge is 0.223 e. The highest BCUT2D eigenvalue weighted by Gasteiger charge is 2.17. The second-order valence-corrected chi connectivity index (χ2v) is 5.23. The van der Waals surface area contributed by atoms with Gasteiger partial charge < -0.3 is 10.4 Å². The molecule has 3 nitrogen and oxygen atoms in total. The van der Waals surface area contributed by atoms with E-state index in [0.29, 0.717) is 5.02 Å². The predicted molar refractivity (Wildman–Crippen MR) is 73.5 cm³/mol. The van der Waals surface area contributed by atoms with E-state index in [1.807, 2.05) is 39.0 Å². The highest BCUT2D eigenvalue weighted by molar-refractivity contribution is 6.31. The zero-order valence-corrected chi connectivity index (χ0v) is 11.7. The van der Waals surface area contributed by atoms with Crippen LogP contribution in [0.5, 0.6) is 0 Å². The Balaban J connectivity index is 2.58. The van der Waals surface area contributed by atoms with Gasteiger partial charge in [0, 0.05) is 5.02 Å².